The number of nitrogens with one attached hydrogen (secondary N) is 3. The van der Waals surface area contributed by atoms with Crippen LogP contribution in [0.3, 0.4) is 0 Å². The molecule has 0 saturated carbocycles. The van der Waals surface area contributed by atoms with E-state index in [4.69, 9.17) is 4.74 Å². The van der Waals surface area contributed by atoms with E-state index in [1.807, 2.05) is 31.2 Å². The molecule has 26 heavy (non-hydrogen) atoms. The molecule has 2 aliphatic rings. The van der Waals surface area contributed by atoms with Gasteiger partial charge in [-0.3, -0.25) is 0 Å². The number of hydrogen-bond acceptors (Lipinski definition) is 3. The largest absolute Gasteiger partial charge is 0.463 e. The number of urea groups is 1. The summed E-state index contributed by atoms with van der Waals surface area (Å²) >= 11 is 0. The number of carbonyl (C=O) groups is 2. The fourth-order valence-corrected chi connectivity index (χ4v) is 3.83. The Kier molecular flexibility index (Phi) is 5.93. The van der Waals surface area contributed by atoms with E-state index in [2.05, 4.69) is 10.6 Å². The Bertz CT molecular complexity index is 708. The third-order valence-corrected chi connectivity index (χ3v) is 5.14. The van der Waals surface area contributed by atoms with Crippen LogP contribution < -0.4 is 15.5 Å². The first kappa shape index (κ1) is 18.5. The maximum atomic E-state index is 12.8. The quantitative estimate of drug-likeness (QED) is 0.694. The van der Waals surface area contributed by atoms with E-state index in [9.17, 15) is 9.59 Å². The Hall–Kier alpha value is -2.34. The Balaban J connectivity index is 2.00. The molecule has 0 aromatic heterocycles. The van der Waals surface area contributed by atoms with Gasteiger partial charge in [0.1, 0.15) is 6.54 Å². The third kappa shape index (κ3) is 4.07. The van der Waals surface area contributed by atoms with Gasteiger partial charge in [0.05, 0.1) is 37.0 Å². The van der Waals surface area contributed by atoms with Crippen LogP contribution in [0.25, 0.3) is 0 Å². The van der Waals surface area contributed by atoms with Crippen molar-refractivity contribution in [3.63, 3.8) is 0 Å². The first-order valence-corrected chi connectivity index (χ1v) is 9.47. The normalized spacial score (nSPS) is 21.2. The number of hydrogen-bond donors (Lipinski definition) is 3. The second-order valence-electron chi connectivity index (χ2n) is 6.99. The van der Waals surface area contributed by atoms with Gasteiger partial charge >= 0.3 is 12.0 Å². The summed E-state index contributed by atoms with van der Waals surface area (Å²) in [5.74, 6) is -0.361. The first-order valence-electron chi connectivity index (χ1n) is 9.47. The maximum Gasteiger partial charge on any atom is 0.338 e. The fraction of sp³-hybridized carbons (Fsp3) is 0.500. The van der Waals surface area contributed by atoms with Gasteiger partial charge in [-0.25, -0.2) is 9.59 Å². The average molecular weight is 358 g/mol. The van der Waals surface area contributed by atoms with Crippen LogP contribution >= 0.6 is 0 Å². The average Bonchev–Trinajstić information content (AvgIpc) is 2.62. The van der Waals surface area contributed by atoms with Crippen molar-refractivity contribution in [2.24, 2.45) is 0 Å². The monoisotopic (exact) mass is 358 g/mol. The zero-order valence-electron chi connectivity index (χ0n) is 15.6. The van der Waals surface area contributed by atoms with Gasteiger partial charge in [-0.05, 0) is 44.2 Å². The van der Waals surface area contributed by atoms with E-state index in [0.717, 1.165) is 24.2 Å². The highest BCUT2D eigenvalue weighted by Crippen LogP contribution is 2.29. The third-order valence-electron chi connectivity index (χ3n) is 5.14. The molecule has 3 N–H and O–H groups in total. The summed E-state index contributed by atoms with van der Waals surface area (Å²) in [6.45, 7) is 6.87. The smallest absolute Gasteiger partial charge is 0.338 e. The van der Waals surface area contributed by atoms with Crippen molar-refractivity contribution in [3.8, 4) is 0 Å². The van der Waals surface area contributed by atoms with E-state index in [1.54, 1.807) is 6.92 Å². The lowest BCUT2D eigenvalue weighted by atomic mass is 9.92. The number of aryl methyl sites for hydroxylation is 1. The van der Waals surface area contributed by atoms with Crippen molar-refractivity contribution in [1.82, 2.24) is 10.6 Å². The molecule has 0 radical (unpaired) electrons. The molecule has 0 spiro atoms. The lowest BCUT2D eigenvalue weighted by molar-refractivity contribution is -0.900. The fourth-order valence-electron chi connectivity index (χ4n) is 3.83. The van der Waals surface area contributed by atoms with Crippen LogP contribution in [0.15, 0.2) is 35.5 Å². The SMILES string of the molecule is CCOC(=O)C1=C(C[NH+]2CCCCC2)NC(=O)N[C@@H]1c1ccccc1C. The van der Waals surface area contributed by atoms with Crippen LogP contribution in [0.1, 0.15) is 43.4 Å². The van der Waals surface area contributed by atoms with Gasteiger partial charge in [-0.1, -0.05) is 24.3 Å². The number of esters is 1. The molecule has 2 amide bonds. The summed E-state index contributed by atoms with van der Waals surface area (Å²) < 4.78 is 5.33. The summed E-state index contributed by atoms with van der Waals surface area (Å²) in [4.78, 5) is 26.5. The van der Waals surface area contributed by atoms with E-state index in [-0.39, 0.29) is 12.0 Å². The minimum absolute atomic E-state index is 0.266. The van der Waals surface area contributed by atoms with Crippen LogP contribution in [-0.2, 0) is 9.53 Å². The van der Waals surface area contributed by atoms with Gasteiger partial charge in [0.25, 0.3) is 0 Å². The predicted octanol–water partition coefficient (Wildman–Crippen LogP) is 1.23. The van der Waals surface area contributed by atoms with Gasteiger partial charge in [0, 0.05) is 0 Å². The molecule has 0 unspecified atom stereocenters. The number of piperidine rings is 1. The number of carbonyl (C=O) groups excluding carboxylic acids is 2. The van der Waals surface area contributed by atoms with Crippen LogP contribution in [0.4, 0.5) is 4.79 Å². The van der Waals surface area contributed by atoms with Crippen molar-refractivity contribution in [2.45, 2.75) is 39.2 Å². The highest BCUT2D eigenvalue weighted by atomic mass is 16.5. The molecule has 1 atom stereocenters. The van der Waals surface area contributed by atoms with Gasteiger partial charge in [-0.15, -0.1) is 0 Å². The lowest BCUT2D eigenvalue weighted by Crippen LogP contribution is -3.13. The Labute approximate surface area is 154 Å². The lowest BCUT2D eigenvalue weighted by Gasteiger charge is -2.32. The molecule has 2 heterocycles. The van der Waals surface area contributed by atoms with E-state index < -0.39 is 6.04 Å². The molecule has 6 heteroatoms. The predicted molar refractivity (Wildman–Crippen MR) is 98.7 cm³/mol. The topological polar surface area (TPSA) is 71.9 Å². The number of amides is 2. The second kappa shape index (κ2) is 8.36. The molecule has 0 bridgehead atoms. The number of rotatable bonds is 5. The highest BCUT2D eigenvalue weighted by Gasteiger charge is 2.35. The molecular weight excluding hydrogens is 330 g/mol. The standard InChI is InChI=1S/C20H27N3O3/c1-3-26-19(24)17-16(13-23-11-7-4-8-12-23)21-20(25)22-18(17)15-10-6-5-9-14(15)2/h5-6,9-10,18H,3-4,7-8,11-13H2,1-2H3,(H2,21,22,25)/p+1/t18-/m1/s1. The number of benzene rings is 1. The van der Waals surface area contributed by atoms with E-state index in [0.29, 0.717) is 24.4 Å². The molecule has 1 fully saturated rings. The summed E-state index contributed by atoms with van der Waals surface area (Å²) in [7, 11) is 0. The van der Waals surface area contributed by atoms with Gasteiger partial charge < -0.3 is 20.3 Å². The van der Waals surface area contributed by atoms with Crippen LogP contribution in [0.2, 0.25) is 0 Å². The van der Waals surface area contributed by atoms with Crippen LogP contribution in [0.5, 0.6) is 0 Å². The molecule has 1 saturated heterocycles. The Morgan fingerprint density at radius 1 is 1.23 bits per heavy atom. The van der Waals surface area contributed by atoms with Crippen molar-refractivity contribution < 1.29 is 19.2 Å². The summed E-state index contributed by atoms with van der Waals surface area (Å²) in [6.07, 6.45) is 3.63. The summed E-state index contributed by atoms with van der Waals surface area (Å²) in [5.41, 5.74) is 3.18. The zero-order valence-corrected chi connectivity index (χ0v) is 15.6. The van der Waals surface area contributed by atoms with Crippen molar-refractivity contribution in [1.29, 1.82) is 0 Å². The molecule has 140 valence electrons. The van der Waals surface area contributed by atoms with Gasteiger partial charge in [0.2, 0.25) is 0 Å². The maximum absolute atomic E-state index is 12.8. The van der Waals surface area contributed by atoms with Crippen molar-refractivity contribution in [2.75, 3.05) is 26.2 Å². The van der Waals surface area contributed by atoms with E-state index in [1.165, 1.54) is 24.2 Å². The number of likely N-dealkylation sites (tertiary alicyclic amines) is 1. The molecular formula is C20H28N3O3+. The van der Waals surface area contributed by atoms with Gasteiger partial charge in [0.15, 0.2) is 0 Å². The minimum Gasteiger partial charge on any atom is -0.463 e. The first-order chi connectivity index (χ1) is 12.6. The molecule has 1 aromatic rings. The molecule has 3 rings (SSSR count). The van der Waals surface area contributed by atoms with Gasteiger partial charge in [-0.2, -0.15) is 0 Å². The van der Waals surface area contributed by atoms with Crippen LogP contribution in [0, 0.1) is 6.92 Å². The van der Waals surface area contributed by atoms with Crippen LogP contribution in [-0.4, -0.2) is 38.2 Å². The Morgan fingerprint density at radius 3 is 2.65 bits per heavy atom. The molecule has 1 aromatic carbocycles. The Morgan fingerprint density at radius 2 is 1.96 bits per heavy atom. The summed E-state index contributed by atoms with van der Waals surface area (Å²) in [5, 5.41) is 5.79. The molecule has 6 nitrogen and oxygen atoms in total. The number of quaternary nitrogens is 1. The van der Waals surface area contributed by atoms with Crippen molar-refractivity contribution in [3.05, 3.63) is 46.7 Å². The zero-order chi connectivity index (χ0) is 18.5. The van der Waals surface area contributed by atoms with E-state index >= 15 is 0 Å². The summed E-state index contributed by atoms with van der Waals surface area (Å²) in [6, 6.07) is 7.07. The number of ether oxygens (including phenoxy) is 1. The molecule has 0 aliphatic carbocycles. The molecule has 2 aliphatic heterocycles. The second-order valence-corrected chi connectivity index (χ2v) is 6.99. The van der Waals surface area contributed by atoms with Crippen molar-refractivity contribution >= 4 is 12.0 Å². The highest BCUT2D eigenvalue weighted by molar-refractivity contribution is 5.95. The minimum atomic E-state index is -0.483.